The summed E-state index contributed by atoms with van der Waals surface area (Å²) >= 11 is 10.7. The molecule has 1 saturated heterocycles. The Labute approximate surface area is 79.8 Å². The molecule has 12 heavy (non-hydrogen) atoms. The Balaban J connectivity index is 2.51. The van der Waals surface area contributed by atoms with E-state index >= 15 is 0 Å². The van der Waals surface area contributed by atoms with Crippen molar-refractivity contribution in [3.63, 3.8) is 0 Å². The fraction of sp³-hybridized carbons (Fsp3) is 0.667. The first-order valence-electron chi connectivity index (χ1n) is 3.45. The zero-order valence-corrected chi connectivity index (χ0v) is 7.73. The Hall–Kier alpha value is -0.480. The predicted molar refractivity (Wildman–Crippen MR) is 45.1 cm³/mol. The molecule has 1 aliphatic rings. The Kier molecular flexibility index (Phi) is 3.17. The maximum absolute atomic E-state index is 11.1. The van der Waals surface area contributed by atoms with E-state index in [4.69, 9.17) is 23.2 Å². The number of hydrogen-bond donors (Lipinski definition) is 1. The molecule has 1 aliphatic heterocycles. The molecule has 0 saturated carbocycles. The normalized spacial score (nSPS) is 17.9. The van der Waals surface area contributed by atoms with Crippen molar-refractivity contribution in [2.45, 2.75) is 4.84 Å². The van der Waals surface area contributed by atoms with E-state index in [0.29, 0.717) is 13.1 Å². The number of amides is 2. The van der Waals surface area contributed by atoms with E-state index < -0.39 is 10.7 Å². The van der Waals surface area contributed by atoms with Gasteiger partial charge >= 0.3 is 0 Å². The van der Waals surface area contributed by atoms with Gasteiger partial charge < -0.3 is 10.2 Å². The van der Waals surface area contributed by atoms with Crippen LogP contribution in [0.3, 0.4) is 0 Å². The first-order chi connectivity index (χ1) is 5.61. The van der Waals surface area contributed by atoms with Crippen molar-refractivity contribution in [2.75, 3.05) is 19.6 Å². The van der Waals surface area contributed by atoms with Crippen LogP contribution in [0.4, 0.5) is 0 Å². The fourth-order valence-electron chi connectivity index (χ4n) is 0.965. The van der Waals surface area contributed by atoms with E-state index in [2.05, 4.69) is 5.32 Å². The Bertz CT molecular complexity index is 208. The molecule has 2 amide bonds. The first kappa shape index (κ1) is 9.61. The Morgan fingerprint density at radius 1 is 1.58 bits per heavy atom. The van der Waals surface area contributed by atoms with Crippen molar-refractivity contribution in [3.05, 3.63) is 0 Å². The maximum atomic E-state index is 11.1. The third-order valence-corrected chi connectivity index (χ3v) is 1.91. The van der Waals surface area contributed by atoms with Crippen LogP contribution in [0.5, 0.6) is 0 Å². The molecule has 6 heteroatoms. The minimum Gasteiger partial charge on any atom is -0.353 e. The van der Waals surface area contributed by atoms with Gasteiger partial charge in [-0.2, -0.15) is 0 Å². The molecule has 0 aromatic carbocycles. The van der Waals surface area contributed by atoms with Gasteiger partial charge in [0.15, 0.2) is 4.84 Å². The number of carbonyl (C=O) groups excluding carboxylic acids is 2. The monoisotopic (exact) mass is 210 g/mol. The SMILES string of the molecule is O=C1CN(C(=O)C(Cl)Cl)CCN1. The number of carbonyl (C=O) groups is 2. The zero-order valence-electron chi connectivity index (χ0n) is 6.22. The minimum atomic E-state index is -1.07. The highest BCUT2D eigenvalue weighted by molar-refractivity contribution is 6.53. The average Bonchev–Trinajstić information content (AvgIpc) is 2.03. The van der Waals surface area contributed by atoms with Crippen molar-refractivity contribution in [1.82, 2.24) is 10.2 Å². The second kappa shape index (κ2) is 3.96. The van der Waals surface area contributed by atoms with Gasteiger partial charge in [-0.15, -0.1) is 0 Å². The molecule has 0 aromatic rings. The summed E-state index contributed by atoms with van der Waals surface area (Å²) in [6, 6.07) is 0. The van der Waals surface area contributed by atoms with Gasteiger partial charge in [0.2, 0.25) is 5.91 Å². The molecule has 0 aliphatic carbocycles. The average molecular weight is 211 g/mol. The fourth-order valence-corrected chi connectivity index (χ4v) is 1.24. The number of halogens is 2. The Morgan fingerprint density at radius 3 is 2.75 bits per heavy atom. The predicted octanol–water partition coefficient (Wildman–Crippen LogP) is -0.252. The van der Waals surface area contributed by atoms with Crippen LogP contribution in [-0.4, -0.2) is 41.2 Å². The van der Waals surface area contributed by atoms with Crippen LogP contribution >= 0.6 is 23.2 Å². The van der Waals surface area contributed by atoms with Gasteiger partial charge in [-0.05, 0) is 0 Å². The van der Waals surface area contributed by atoms with Crippen LogP contribution in [0.1, 0.15) is 0 Å². The third-order valence-electron chi connectivity index (χ3n) is 1.54. The first-order valence-corrected chi connectivity index (χ1v) is 4.32. The molecular formula is C6H8Cl2N2O2. The molecule has 4 nitrogen and oxygen atoms in total. The molecule has 1 N–H and O–H groups in total. The lowest BCUT2D eigenvalue weighted by Crippen LogP contribution is -2.51. The smallest absolute Gasteiger partial charge is 0.256 e. The van der Waals surface area contributed by atoms with Crippen LogP contribution in [0.25, 0.3) is 0 Å². The highest BCUT2D eigenvalue weighted by atomic mass is 35.5. The van der Waals surface area contributed by atoms with Gasteiger partial charge in [0, 0.05) is 13.1 Å². The number of rotatable bonds is 1. The van der Waals surface area contributed by atoms with Gasteiger partial charge in [0.1, 0.15) is 0 Å². The summed E-state index contributed by atoms with van der Waals surface area (Å²) in [6.45, 7) is 0.986. The largest absolute Gasteiger partial charge is 0.353 e. The van der Waals surface area contributed by atoms with Crippen LogP contribution in [0.15, 0.2) is 0 Å². The number of piperazine rings is 1. The van der Waals surface area contributed by atoms with Crippen molar-refractivity contribution < 1.29 is 9.59 Å². The Morgan fingerprint density at radius 2 is 2.25 bits per heavy atom. The van der Waals surface area contributed by atoms with Crippen LogP contribution in [-0.2, 0) is 9.59 Å². The summed E-state index contributed by atoms with van der Waals surface area (Å²) in [7, 11) is 0. The molecule has 1 heterocycles. The van der Waals surface area contributed by atoms with E-state index in [-0.39, 0.29) is 12.5 Å². The summed E-state index contributed by atoms with van der Waals surface area (Å²) < 4.78 is 0. The quantitative estimate of drug-likeness (QED) is 0.608. The molecule has 1 fully saturated rings. The van der Waals surface area contributed by atoms with Crippen LogP contribution < -0.4 is 5.32 Å². The van der Waals surface area contributed by atoms with E-state index in [1.807, 2.05) is 0 Å². The maximum Gasteiger partial charge on any atom is 0.256 e. The van der Waals surface area contributed by atoms with Crippen molar-refractivity contribution in [1.29, 1.82) is 0 Å². The minimum absolute atomic E-state index is 0.0504. The molecular weight excluding hydrogens is 203 g/mol. The van der Waals surface area contributed by atoms with E-state index in [0.717, 1.165) is 0 Å². The van der Waals surface area contributed by atoms with E-state index in [1.54, 1.807) is 0 Å². The highest BCUT2D eigenvalue weighted by Crippen LogP contribution is 2.07. The van der Waals surface area contributed by atoms with Crippen molar-refractivity contribution in [3.8, 4) is 0 Å². The molecule has 0 atom stereocenters. The molecule has 0 spiro atoms. The van der Waals surface area contributed by atoms with Crippen LogP contribution in [0, 0.1) is 0 Å². The number of hydrogen-bond acceptors (Lipinski definition) is 2. The van der Waals surface area contributed by atoms with E-state index in [1.165, 1.54) is 4.90 Å². The topological polar surface area (TPSA) is 49.4 Å². The number of alkyl halides is 2. The molecule has 0 radical (unpaired) electrons. The highest BCUT2D eigenvalue weighted by Gasteiger charge is 2.24. The number of nitrogens with one attached hydrogen (secondary N) is 1. The summed E-state index contributed by atoms with van der Waals surface area (Å²) in [5.74, 6) is -0.586. The lowest BCUT2D eigenvalue weighted by atomic mass is 10.3. The lowest BCUT2D eigenvalue weighted by Gasteiger charge is -2.26. The zero-order chi connectivity index (χ0) is 9.14. The van der Waals surface area contributed by atoms with Gasteiger partial charge in [-0.25, -0.2) is 0 Å². The number of nitrogens with zero attached hydrogens (tertiary/aromatic N) is 1. The molecule has 68 valence electrons. The second-order valence-electron chi connectivity index (χ2n) is 2.41. The van der Waals surface area contributed by atoms with Crippen molar-refractivity contribution in [2.24, 2.45) is 0 Å². The van der Waals surface area contributed by atoms with Crippen LogP contribution in [0.2, 0.25) is 0 Å². The summed E-state index contributed by atoms with van der Waals surface area (Å²) in [5.41, 5.74) is 0. The second-order valence-corrected chi connectivity index (χ2v) is 3.51. The molecule has 1 rings (SSSR count). The lowest BCUT2D eigenvalue weighted by molar-refractivity contribution is -0.136. The van der Waals surface area contributed by atoms with Crippen molar-refractivity contribution >= 4 is 35.0 Å². The summed E-state index contributed by atoms with van der Waals surface area (Å²) in [4.78, 5) is 22.2. The molecule has 0 unspecified atom stereocenters. The molecule has 0 aromatic heterocycles. The van der Waals surface area contributed by atoms with Gasteiger partial charge in [-0.1, -0.05) is 23.2 Å². The van der Waals surface area contributed by atoms with Gasteiger partial charge in [-0.3, -0.25) is 9.59 Å². The van der Waals surface area contributed by atoms with Gasteiger partial charge in [0.05, 0.1) is 6.54 Å². The molecule has 0 bridgehead atoms. The summed E-state index contributed by atoms with van der Waals surface area (Å²) in [6.07, 6.45) is 0. The van der Waals surface area contributed by atoms with E-state index in [9.17, 15) is 9.59 Å². The summed E-state index contributed by atoms with van der Waals surface area (Å²) in [5, 5.41) is 2.59. The standard InChI is InChI=1S/C6H8Cl2N2O2/c7-5(8)6(12)10-2-1-9-4(11)3-10/h5H,1-3H2,(H,9,11). The third kappa shape index (κ3) is 2.25. The van der Waals surface area contributed by atoms with Gasteiger partial charge in [0.25, 0.3) is 5.91 Å².